The summed E-state index contributed by atoms with van der Waals surface area (Å²) in [7, 11) is 1.78. The number of hydrogen-bond acceptors (Lipinski definition) is 5. The van der Waals surface area contributed by atoms with Crippen LogP contribution in [0.15, 0.2) is 46.5 Å². The topological polar surface area (TPSA) is 95.4 Å². The summed E-state index contributed by atoms with van der Waals surface area (Å²) >= 11 is 0. The Hall–Kier alpha value is -3.62. The fourth-order valence-corrected chi connectivity index (χ4v) is 3.64. The molecule has 1 amide bonds. The van der Waals surface area contributed by atoms with Crippen molar-refractivity contribution in [3.05, 3.63) is 63.8 Å². The Morgan fingerprint density at radius 1 is 1.23 bits per heavy atom. The maximum atomic E-state index is 13.0. The molecule has 1 aliphatic rings. The number of amides is 1. The Bertz CT molecular complexity index is 1190. The quantitative estimate of drug-likeness (QED) is 0.700. The number of aryl methyl sites for hydroxylation is 1. The number of carbonyl (C=O) groups excluding carboxylic acids is 1. The highest BCUT2D eigenvalue weighted by Gasteiger charge is 2.32. The Morgan fingerprint density at radius 3 is 2.63 bits per heavy atom. The number of oxime groups is 1. The van der Waals surface area contributed by atoms with E-state index in [0.717, 1.165) is 23.5 Å². The third-order valence-corrected chi connectivity index (χ3v) is 5.48. The molecule has 0 saturated carbocycles. The number of aromatic nitrogens is 4. The maximum absolute atomic E-state index is 13.0. The van der Waals surface area contributed by atoms with Gasteiger partial charge in [-0.05, 0) is 32.9 Å². The van der Waals surface area contributed by atoms with Gasteiger partial charge in [0.1, 0.15) is 5.69 Å². The monoisotopic (exact) mass is 408 g/mol. The highest BCUT2D eigenvalue weighted by Crippen LogP contribution is 2.21. The second kappa shape index (κ2) is 7.66. The second-order valence-electron chi connectivity index (χ2n) is 7.22. The van der Waals surface area contributed by atoms with E-state index >= 15 is 0 Å². The van der Waals surface area contributed by atoms with Crippen LogP contribution in [-0.2, 0) is 23.2 Å². The molecule has 156 valence electrons. The van der Waals surface area contributed by atoms with Gasteiger partial charge >= 0.3 is 0 Å². The van der Waals surface area contributed by atoms with Crippen molar-refractivity contribution in [3.8, 4) is 5.69 Å². The minimum Gasteiger partial charge on any atom is -0.382 e. The molecule has 0 spiro atoms. The standard InChI is InChI=1S/C21H24N6O3/c1-5-26-13(2)16(12-22-26)17-11-18(30-24-17)20(28)23-19-14(3)25(4)27(21(19)29)15-9-7-6-8-10-15/h6-10,12,18H,5,11H2,1-4H3,(H,23,28)/t18-/m0/s1. The van der Waals surface area contributed by atoms with Gasteiger partial charge in [-0.25, -0.2) is 4.68 Å². The molecule has 0 unspecified atom stereocenters. The van der Waals surface area contributed by atoms with Gasteiger partial charge in [0.2, 0.25) is 6.10 Å². The first-order valence-electron chi connectivity index (χ1n) is 9.82. The fraction of sp³-hybridized carbons (Fsp3) is 0.333. The predicted molar refractivity (Wildman–Crippen MR) is 113 cm³/mol. The molecule has 9 heteroatoms. The SMILES string of the molecule is CCn1ncc(C2=NO[C@H](C(=O)Nc3c(C)n(C)n(-c4ccccc4)c3=O)C2)c1C. The molecule has 1 aliphatic heterocycles. The number of nitrogens with zero attached hydrogens (tertiary/aromatic N) is 5. The molecule has 0 saturated heterocycles. The van der Waals surface area contributed by atoms with E-state index in [1.165, 1.54) is 4.68 Å². The van der Waals surface area contributed by atoms with Crippen molar-refractivity contribution in [1.82, 2.24) is 19.1 Å². The smallest absolute Gasteiger partial charge is 0.295 e. The third-order valence-electron chi connectivity index (χ3n) is 5.48. The van der Waals surface area contributed by atoms with E-state index in [4.69, 9.17) is 4.84 Å². The first-order chi connectivity index (χ1) is 14.4. The van der Waals surface area contributed by atoms with Crippen molar-refractivity contribution >= 4 is 17.3 Å². The molecule has 4 rings (SSSR count). The minimum atomic E-state index is -0.798. The second-order valence-corrected chi connectivity index (χ2v) is 7.22. The highest BCUT2D eigenvalue weighted by atomic mass is 16.6. The lowest BCUT2D eigenvalue weighted by atomic mass is 10.1. The van der Waals surface area contributed by atoms with Crippen LogP contribution in [-0.4, -0.2) is 36.9 Å². The molecule has 1 aromatic carbocycles. The number of benzene rings is 1. The summed E-state index contributed by atoms with van der Waals surface area (Å²) in [5, 5.41) is 11.1. The molecule has 0 radical (unpaired) electrons. The number of carbonyl (C=O) groups is 1. The molecule has 30 heavy (non-hydrogen) atoms. The van der Waals surface area contributed by atoms with Crippen LogP contribution < -0.4 is 10.9 Å². The van der Waals surface area contributed by atoms with Crippen LogP contribution in [0.3, 0.4) is 0 Å². The maximum Gasteiger partial charge on any atom is 0.295 e. The summed E-state index contributed by atoms with van der Waals surface area (Å²) in [6, 6.07) is 9.28. The molecule has 9 nitrogen and oxygen atoms in total. The Labute approximate surface area is 173 Å². The highest BCUT2D eigenvalue weighted by molar-refractivity contribution is 6.06. The van der Waals surface area contributed by atoms with E-state index in [2.05, 4.69) is 15.6 Å². The van der Waals surface area contributed by atoms with Crippen molar-refractivity contribution in [2.24, 2.45) is 12.2 Å². The van der Waals surface area contributed by atoms with Crippen LogP contribution in [0, 0.1) is 13.8 Å². The number of nitrogens with one attached hydrogen (secondary N) is 1. The average Bonchev–Trinajstić information content (AvgIpc) is 3.42. The summed E-state index contributed by atoms with van der Waals surface area (Å²) < 4.78 is 5.10. The zero-order valence-electron chi connectivity index (χ0n) is 17.4. The molecule has 1 N–H and O–H groups in total. The number of para-hydroxylation sites is 1. The van der Waals surface area contributed by atoms with Gasteiger partial charge in [0.15, 0.2) is 0 Å². The first-order valence-corrected chi connectivity index (χ1v) is 9.82. The molecule has 3 aromatic rings. The number of rotatable bonds is 5. The minimum absolute atomic E-state index is 0.235. The summed E-state index contributed by atoms with van der Waals surface area (Å²) in [5.41, 5.74) is 3.84. The van der Waals surface area contributed by atoms with Crippen LogP contribution in [0.1, 0.15) is 30.3 Å². The summed E-state index contributed by atoms with van der Waals surface area (Å²) in [5.74, 6) is -0.403. The summed E-state index contributed by atoms with van der Waals surface area (Å²) in [6.45, 7) is 6.51. The first kappa shape index (κ1) is 19.7. The van der Waals surface area contributed by atoms with Crippen molar-refractivity contribution in [2.75, 3.05) is 5.32 Å². The fourth-order valence-electron chi connectivity index (χ4n) is 3.64. The van der Waals surface area contributed by atoms with Crippen LogP contribution >= 0.6 is 0 Å². The van der Waals surface area contributed by atoms with E-state index in [1.54, 1.807) is 24.9 Å². The molecule has 1 atom stereocenters. The van der Waals surface area contributed by atoms with Gasteiger partial charge in [-0.2, -0.15) is 5.10 Å². The predicted octanol–water partition coefficient (Wildman–Crippen LogP) is 2.14. The van der Waals surface area contributed by atoms with E-state index in [9.17, 15) is 9.59 Å². The van der Waals surface area contributed by atoms with Gasteiger partial charge in [-0.3, -0.25) is 19.0 Å². The number of hydrogen-bond donors (Lipinski definition) is 1. The van der Waals surface area contributed by atoms with Crippen molar-refractivity contribution in [2.45, 2.75) is 39.8 Å². The van der Waals surface area contributed by atoms with E-state index in [0.29, 0.717) is 17.8 Å². The summed E-state index contributed by atoms with van der Waals surface area (Å²) in [6.07, 6.45) is 1.26. The lowest BCUT2D eigenvalue weighted by Crippen LogP contribution is -2.30. The van der Waals surface area contributed by atoms with Gasteiger partial charge in [0, 0.05) is 31.3 Å². The molecule has 3 heterocycles. The molecular weight excluding hydrogens is 384 g/mol. The van der Waals surface area contributed by atoms with Gasteiger partial charge in [0.05, 0.1) is 23.3 Å². The Kier molecular flexibility index (Phi) is 5.03. The van der Waals surface area contributed by atoms with Crippen molar-refractivity contribution in [3.63, 3.8) is 0 Å². The molecule has 0 fully saturated rings. The van der Waals surface area contributed by atoms with Crippen LogP contribution in [0.4, 0.5) is 5.69 Å². The van der Waals surface area contributed by atoms with Gasteiger partial charge in [-0.1, -0.05) is 23.4 Å². The lowest BCUT2D eigenvalue weighted by Gasteiger charge is -2.08. The molecule has 0 aliphatic carbocycles. The van der Waals surface area contributed by atoms with Crippen LogP contribution in [0.5, 0.6) is 0 Å². The average molecular weight is 408 g/mol. The molecule has 2 aromatic heterocycles. The summed E-state index contributed by atoms with van der Waals surface area (Å²) in [4.78, 5) is 31.2. The lowest BCUT2D eigenvalue weighted by molar-refractivity contribution is -0.125. The van der Waals surface area contributed by atoms with Gasteiger partial charge in [-0.15, -0.1) is 0 Å². The molecular formula is C21H24N6O3. The normalized spacial score (nSPS) is 15.7. The van der Waals surface area contributed by atoms with Gasteiger partial charge in [0.25, 0.3) is 11.5 Å². The molecule has 0 bridgehead atoms. The van der Waals surface area contributed by atoms with Crippen molar-refractivity contribution < 1.29 is 9.63 Å². The van der Waals surface area contributed by atoms with E-state index in [-0.39, 0.29) is 11.2 Å². The zero-order valence-corrected chi connectivity index (χ0v) is 17.4. The van der Waals surface area contributed by atoms with E-state index < -0.39 is 12.0 Å². The Balaban J connectivity index is 1.53. The number of anilines is 1. The van der Waals surface area contributed by atoms with Crippen LogP contribution in [0.25, 0.3) is 5.69 Å². The largest absolute Gasteiger partial charge is 0.382 e. The Morgan fingerprint density at radius 2 is 1.97 bits per heavy atom. The van der Waals surface area contributed by atoms with Gasteiger partial charge < -0.3 is 10.2 Å². The zero-order chi connectivity index (χ0) is 21.4. The van der Waals surface area contributed by atoms with Crippen LogP contribution in [0.2, 0.25) is 0 Å². The van der Waals surface area contributed by atoms with Crippen molar-refractivity contribution in [1.29, 1.82) is 0 Å². The third kappa shape index (κ3) is 3.22. The van der Waals surface area contributed by atoms with E-state index in [1.807, 2.05) is 48.9 Å².